The van der Waals surface area contributed by atoms with Crippen molar-refractivity contribution in [2.45, 2.75) is 200 Å². The molecule has 1 heterocycles. The van der Waals surface area contributed by atoms with Gasteiger partial charge in [-0.3, -0.25) is 19.2 Å². The van der Waals surface area contributed by atoms with Crippen LogP contribution >= 0.6 is 0 Å². The van der Waals surface area contributed by atoms with E-state index in [1.807, 2.05) is 20.8 Å². The van der Waals surface area contributed by atoms with Crippen molar-refractivity contribution in [2.24, 2.45) is 0 Å². The molecule has 66 heavy (non-hydrogen) atoms. The quantitative estimate of drug-likeness (QED) is 0.0415. The molecule has 0 saturated carbocycles. The molecule has 0 unspecified atom stereocenters. The van der Waals surface area contributed by atoms with Crippen LogP contribution in [0.25, 0.3) is 0 Å². The average Bonchev–Trinajstić information content (AvgIpc) is 3.54. The molecule has 1 saturated heterocycles. The third-order valence-corrected chi connectivity index (χ3v) is 9.95. The highest BCUT2D eigenvalue weighted by atomic mass is 16.8. The summed E-state index contributed by atoms with van der Waals surface area (Å²) in [5.41, 5.74) is -1.16. The van der Waals surface area contributed by atoms with Gasteiger partial charge in [-0.2, -0.15) is 0 Å². The number of rotatable bonds is 39. The van der Waals surface area contributed by atoms with Crippen LogP contribution in [0.2, 0.25) is 0 Å². The highest BCUT2D eigenvalue weighted by Crippen LogP contribution is 2.21. The van der Waals surface area contributed by atoms with E-state index in [9.17, 15) is 39.0 Å². The number of nitrogens with one attached hydrogen (secondary N) is 3. The van der Waals surface area contributed by atoms with E-state index in [0.29, 0.717) is 25.7 Å². The van der Waals surface area contributed by atoms with E-state index in [4.69, 9.17) is 33.3 Å². The lowest BCUT2D eigenvalue weighted by molar-refractivity contribution is -0.264. The lowest BCUT2D eigenvalue weighted by Crippen LogP contribution is -2.44. The maximum absolute atomic E-state index is 12.9. The largest absolute Gasteiger partial charge is 0.460 e. The number of unbranched alkanes of at least 4 members (excludes halogenated alkanes) is 13. The number of hydroxylamine groups is 2. The SMILES string of the molecule is CC(C)(C)OC(=O)CCCCCCCCCCCCCCCCC(=O)N[C@@H](CCC(=O)NCCOCCOCC(=O)NCCOCCOCC(=O)ON1[C@@H](O)CC[C@@H]1O)C(=O)OC(C)(C)C. The molecule has 1 fully saturated rings. The van der Waals surface area contributed by atoms with E-state index >= 15 is 0 Å². The Hall–Kier alpha value is -3.46. The summed E-state index contributed by atoms with van der Waals surface area (Å²) in [6.45, 7) is 11.9. The zero-order chi connectivity index (χ0) is 49.1. The molecule has 1 aliphatic heterocycles. The number of carbonyl (C=O) groups is 6. The van der Waals surface area contributed by atoms with Crippen LogP contribution < -0.4 is 16.0 Å². The molecular weight excluding hydrogens is 861 g/mol. The van der Waals surface area contributed by atoms with Crippen LogP contribution in [0.4, 0.5) is 0 Å². The van der Waals surface area contributed by atoms with Crippen LogP contribution in [0.5, 0.6) is 0 Å². The third-order valence-electron chi connectivity index (χ3n) is 9.95. The van der Waals surface area contributed by atoms with Crippen LogP contribution in [0.3, 0.4) is 0 Å². The summed E-state index contributed by atoms with van der Waals surface area (Å²) < 4.78 is 32.1. The first kappa shape index (κ1) is 60.6. The highest BCUT2D eigenvalue weighted by Gasteiger charge is 2.34. The van der Waals surface area contributed by atoms with Crippen LogP contribution in [-0.2, 0) is 62.0 Å². The molecule has 19 heteroatoms. The lowest BCUT2D eigenvalue weighted by Gasteiger charge is -2.24. The van der Waals surface area contributed by atoms with Crippen LogP contribution in [-0.4, -0.2) is 147 Å². The van der Waals surface area contributed by atoms with Crippen molar-refractivity contribution in [3.05, 3.63) is 0 Å². The average molecular weight is 947 g/mol. The molecule has 1 aliphatic rings. The predicted octanol–water partition coefficient (Wildman–Crippen LogP) is 4.67. The smallest absolute Gasteiger partial charge is 0.351 e. The minimum atomic E-state index is -1.05. The van der Waals surface area contributed by atoms with Gasteiger partial charge in [-0.15, -0.1) is 0 Å². The Bertz CT molecular complexity index is 1350. The molecule has 3 atom stereocenters. The fourth-order valence-electron chi connectivity index (χ4n) is 6.67. The minimum Gasteiger partial charge on any atom is -0.460 e. The first-order valence-electron chi connectivity index (χ1n) is 24.3. The maximum Gasteiger partial charge on any atom is 0.351 e. The number of hydrogen-bond acceptors (Lipinski definition) is 16. The van der Waals surface area contributed by atoms with Gasteiger partial charge in [0.25, 0.3) is 0 Å². The van der Waals surface area contributed by atoms with Gasteiger partial charge in [0.05, 0.1) is 39.6 Å². The number of aliphatic hydroxyl groups excluding tert-OH is 2. The van der Waals surface area contributed by atoms with Crippen LogP contribution in [0.1, 0.15) is 170 Å². The van der Waals surface area contributed by atoms with Crippen LogP contribution in [0.15, 0.2) is 0 Å². The normalized spacial score (nSPS) is 15.8. The van der Waals surface area contributed by atoms with Crippen LogP contribution in [0, 0.1) is 0 Å². The van der Waals surface area contributed by atoms with Gasteiger partial charge in [0.15, 0.2) is 0 Å². The monoisotopic (exact) mass is 947 g/mol. The summed E-state index contributed by atoms with van der Waals surface area (Å²) in [6.07, 6.45) is 15.0. The van der Waals surface area contributed by atoms with Gasteiger partial charge in [0.1, 0.15) is 42.9 Å². The third kappa shape index (κ3) is 35.7. The van der Waals surface area contributed by atoms with Crippen molar-refractivity contribution in [2.75, 3.05) is 65.9 Å². The zero-order valence-corrected chi connectivity index (χ0v) is 41.1. The number of aliphatic hydroxyl groups is 2. The molecule has 0 aromatic carbocycles. The summed E-state index contributed by atoms with van der Waals surface area (Å²) in [7, 11) is 0. The van der Waals surface area contributed by atoms with Crippen molar-refractivity contribution in [1.29, 1.82) is 0 Å². The Morgan fingerprint density at radius 2 is 0.955 bits per heavy atom. The summed E-state index contributed by atoms with van der Waals surface area (Å²) in [6, 6.07) is -0.941. The molecule has 0 spiro atoms. The molecule has 1 rings (SSSR count). The van der Waals surface area contributed by atoms with E-state index in [1.54, 1.807) is 20.8 Å². The fourth-order valence-corrected chi connectivity index (χ4v) is 6.67. The number of hydrogen-bond donors (Lipinski definition) is 5. The van der Waals surface area contributed by atoms with Crippen molar-refractivity contribution in [3.63, 3.8) is 0 Å². The summed E-state index contributed by atoms with van der Waals surface area (Å²) >= 11 is 0. The second kappa shape index (κ2) is 36.6. The number of amides is 3. The van der Waals surface area contributed by atoms with Gasteiger partial charge >= 0.3 is 17.9 Å². The molecule has 19 nitrogen and oxygen atoms in total. The number of ether oxygens (including phenoxy) is 6. The molecule has 0 radical (unpaired) electrons. The Balaban J connectivity index is 2.06. The summed E-state index contributed by atoms with van der Waals surface area (Å²) in [5.74, 6) is -2.31. The van der Waals surface area contributed by atoms with E-state index in [1.165, 1.54) is 51.4 Å². The van der Waals surface area contributed by atoms with E-state index in [0.717, 1.165) is 43.6 Å². The molecule has 0 bridgehead atoms. The van der Waals surface area contributed by atoms with Gasteiger partial charge in [-0.1, -0.05) is 82.1 Å². The van der Waals surface area contributed by atoms with Crippen molar-refractivity contribution in [1.82, 2.24) is 21.0 Å². The first-order chi connectivity index (χ1) is 31.4. The van der Waals surface area contributed by atoms with Gasteiger partial charge in [0.2, 0.25) is 17.7 Å². The van der Waals surface area contributed by atoms with E-state index in [2.05, 4.69) is 16.0 Å². The van der Waals surface area contributed by atoms with Crippen molar-refractivity contribution >= 4 is 35.6 Å². The van der Waals surface area contributed by atoms with Crippen molar-refractivity contribution in [3.8, 4) is 0 Å². The van der Waals surface area contributed by atoms with Gasteiger partial charge in [-0.25, -0.2) is 9.59 Å². The Kier molecular flexibility index (Phi) is 33.5. The zero-order valence-electron chi connectivity index (χ0n) is 41.1. The Labute approximate surface area is 393 Å². The molecule has 3 amide bonds. The number of carbonyl (C=O) groups excluding carboxylic acids is 6. The van der Waals surface area contributed by atoms with Gasteiger partial charge in [-0.05, 0) is 73.6 Å². The molecular formula is C47H86N4O15. The van der Waals surface area contributed by atoms with Gasteiger partial charge in [0, 0.05) is 32.4 Å². The predicted molar refractivity (Wildman–Crippen MR) is 245 cm³/mol. The van der Waals surface area contributed by atoms with Gasteiger partial charge < -0.3 is 59.4 Å². The first-order valence-corrected chi connectivity index (χ1v) is 24.3. The Morgan fingerprint density at radius 3 is 1.45 bits per heavy atom. The summed E-state index contributed by atoms with van der Waals surface area (Å²) in [5, 5.41) is 28.3. The second-order valence-electron chi connectivity index (χ2n) is 18.6. The lowest BCUT2D eigenvalue weighted by atomic mass is 10.0. The fraction of sp³-hybridized carbons (Fsp3) is 0.872. The Morgan fingerprint density at radius 1 is 0.515 bits per heavy atom. The van der Waals surface area contributed by atoms with E-state index < -0.39 is 41.6 Å². The molecule has 0 aromatic rings. The number of esters is 2. The minimum absolute atomic E-state index is 0.00684. The molecule has 0 aromatic heterocycles. The summed E-state index contributed by atoms with van der Waals surface area (Å²) in [4.78, 5) is 78.6. The highest BCUT2D eigenvalue weighted by molar-refractivity contribution is 5.85. The second-order valence-corrected chi connectivity index (χ2v) is 18.6. The molecule has 384 valence electrons. The van der Waals surface area contributed by atoms with Crippen molar-refractivity contribution < 1.29 is 72.2 Å². The molecule has 0 aliphatic carbocycles. The number of nitrogens with zero attached hydrogens (tertiary/aromatic N) is 1. The van der Waals surface area contributed by atoms with E-state index in [-0.39, 0.29) is 102 Å². The maximum atomic E-state index is 12.9. The standard InChI is InChI=1S/C47H86N4O15/c1-46(2,3)64-43(57)22-20-18-16-14-12-10-8-7-9-11-13-15-17-19-21-39(53)50-37(45(59)65-47(4,5)6)23-24-38(52)48-27-29-60-31-33-62-35-40(54)49-28-30-61-32-34-63-36-44(58)66-51-41(55)25-26-42(51)56/h37,41-42,55-56H,7-36H2,1-6H3,(H,48,52)(H,49,54)(H,50,53)/t37-,41-,42-/m0/s1. The molecule has 5 N–H and O–H groups in total. The topological polar surface area (TPSA) is 247 Å².